The molecule has 0 amide bonds. The summed E-state index contributed by atoms with van der Waals surface area (Å²) >= 11 is 0. The fraction of sp³-hybridized carbons (Fsp3) is 0.714. The van der Waals surface area contributed by atoms with Crippen LogP contribution in [0.15, 0.2) is 0 Å². The number of aromatic nitrogens is 3. The summed E-state index contributed by atoms with van der Waals surface area (Å²) in [6.45, 7) is 6.62. The minimum Gasteiger partial charge on any atom is -0.463 e. The molecule has 4 nitrogen and oxygen atoms in total. The SMILES string of the molecule is CCOc1n[nH]c(C(C)C)n1. The lowest BCUT2D eigenvalue weighted by Crippen LogP contribution is -1.93. The van der Waals surface area contributed by atoms with E-state index in [1.165, 1.54) is 0 Å². The molecule has 11 heavy (non-hydrogen) atoms. The molecule has 1 heterocycles. The minimum atomic E-state index is 0.372. The molecule has 0 unspecified atom stereocenters. The van der Waals surface area contributed by atoms with Crippen molar-refractivity contribution in [3.8, 4) is 6.01 Å². The zero-order chi connectivity index (χ0) is 8.27. The van der Waals surface area contributed by atoms with E-state index in [-0.39, 0.29) is 0 Å². The summed E-state index contributed by atoms with van der Waals surface area (Å²) in [5, 5.41) is 6.67. The van der Waals surface area contributed by atoms with Gasteiger partial charge in [-0.25, -0.2) is 0 Å². The van der Waals surface area contributed by atoms with Crippen molar-refractivity contribution in [1.29, 1.82) is 0 Å². The first-order valence-corrected chi connectivity index (χ1v) is 3.79. The quantitative estimate of drug-likeness (QED) is 0.716. The van der Waals surface area contributed by atoms with Crippen LogP contribution in [0, 0.1) is 0 Å². The van der Waals surface area contributed by atoms with Crippen molar-refractivity contribution < 1.29 is 4.74 Å². The molecule has 0 spiro atoms. The summed E-state index contributed by atoms with van der Waals surface area (Å²) in [5.41, 5.74) is 0. The molecule has 0 aliphatic heterocycles. The van der Waals surface area contributed by atoms with Gasteiger partial charge in [0.2, 0.25) is 0 Å². The van der Waals surface area contributed by atoms with E-state index in [1.807, 2.05) is 6.92 Å². The highest BCUT2D eigenvalue weighted by atomic mass is 16.5. The average Bonchev–Trinajstić information content (AvgIpc) is 2.37. The first-order valence-electron chi connectivity index (χ1n) is 3.79. The molecule has 1 N–H and O–H groups in total. The van der Waals surface area contributed by atoms with Gasteiger partial charge in [-0.2, -0.15) is 4.98 Å². The third-order valence-corrected chi connectivity index (χ3v) is 1.30. The molecule has 1 rings (SSSR count). The van der Waals surface area contributed by atoms with Crippen molar-refractivity contribution >= 4 is 0 Å². The van der Waals surface area contributed by atoms with Crippen LogP contribution in [0.1, 0.15) is 32.5 Å². The van der Waals surface area contributed by atoms with Crippen molar-refractivity contribution in [3.63, 3.8) is 0 Å². The van der Waals surface area contributed by atoms with Gasteiger partial charge in [-0.1, -0.05) is 13.8 Å². The first-order chi connectivity index (χ1) is 5.24. The molecule has 4 heteroatoms. The lowest BCUT2D eigenvalue weighted by molar-refractivity contribution is 0.313. The van der Waals surface area contributed by atoms with E-state index in [0.29, 0.717) is 18.5 Å². The Morgan fingerprint density at radius 1 is 1.55 bits per heavy atom. The summed E-state index contributed by atoms with van der Waals surface area (Å²) in [5.74, 6) is 1.24. The van der Waals surface area contributed by atoms with Crippen LogP contribution < -0.4 is 4.74 Å². The maximum atomic E-state index is 5.08. The summed E-state index contributed by atoms with van der Waals surface area (Å²) in [4.78, 5) is 4.11. The fourth-order valence-electron chi connectivity index (χ4n) is 0.710. The van der Waals surface area contributed by atoms with Gasteiger partial charge in [0.1, 0.15) is 5.82 Å². The Kier molecular flexibility index (Phi) is 2.46. The molecule has 0 atom stereocenters. The highest BCUT2D eigenvalue weighted by Crippen LogP contribution is 2.10. The standard InChI is InChI=1S/C7H13N3O/c1-4-11-7-8-6(5(2)3)9-10-7/h5H,4H2,1-3H3,(H,8,9,10). The highest BCUT2D eigenvalue weighted by Gasteiger charge is 2.05. The topological polar surface area (TPSA) is 50.8 Å². The van der Waals surface area contributed by atoms with Gasteiger partial charge in [-0.05, 0) is 6.92 Å². The van der Waals surface area contributed by atoms with Crippen LogP contribution >= 0.6 is 0 Å². The second-order valence-electron chi connectivity index (χ2n) is 2.59. The van der Waals surface area contributed by atoms with Gasteiger partial charge < -0.3 is 4.74 Å². The number of nitrogens with zero attached hydrogens (tertiary/aromatic N) is 2. The van der Waals surface area contributed by atoms with E-state index in [2.05, 4.69) is 29.0 Å². The molecule has 0 radical (unpaired) electrons. The molecule has 0 bridgehead atoms. The van der Waals surface area contributed by atoms with E-state index < -0.39 is 0 Å². The van der Waals surface area contributed by atoms with E-state index in [9.17, 15) is 0 Å². The molecule has 0 aliphatic rings. The van der Waals surface area contributed by atoms with Crippen LogP contribution in [0.3, 0.4) is 0 Å². The molecule has 0 saturated heterocycles. The maximum absolute atomic E-state index is 5.08. The molecule has 0 fully saturated rings. The molecule has 0 aromatic carbocycles. The Balaban J connectivity index is 2.66. The second kappa shape index (κ2) is 3.37. The van der Waals surface area contributed by atoms with Crippen LogP contribution in [-0.4, -0.2) is 21.8 Å². The highest BCUT2D eigenvalue weighted by molar-refractivity contribution is 4.98. The smallest absolute Gasteiger partial charge is 0.335 e. The number of hydrogen-bond donors (Lipinski definition) is 1. The molecule has 0 aliphatic carbocycles. The molecular formula is C7H13N3O. The largest absolute Gasteiger partial charge is 0.463 e. The zero-order valence-electron chi connectivity index (χ0n) is 7.09. The Morgan fingerprint density at radius 3 is 2.73 bits per heavy atom. The van der Waals surface area contributed by atoms with E-state index >= 15 is 0 Å². The number of H-pyrrole nitrogens is 1. The van der Waals surface area contributed by atoms with Gasteiger partial charge in [0, 0.05) is 5.92 Å². The monoisotopic (exact) mass is 155 g/mol. The van der Waals surface area contributed by atoms with Crippen LogP contribution in [0.5, 0.6) is 6.01 Å². The lowest BCUT2D eigenvalue weighted by atomic mass is 10.2. The predicted molar refractivity (Wildman–Crippen MR) is 41.6 cm³/mol. The predicted octanol–water partition coefficient (Wildman–Crippen LogP) is 1.33. The zero-order valence-corrected chi connectivity index (χ0v) is 7.09. The number of rotatable bonds is 3. The van der Waals surface area contributed by atoms with Gasteiger partial charge in [0.15, 0.2) is 0 Å². The van der Waals surface area contributed by atoms with Gasteiger partial charge in [0.05, 0.1) is 6.61 Å². The van der Waals surface area contributed by atoms with Gasteiger partial charge in [-0.15, -0.1) is 5.10 Å². The number of ether oxygens (including phenoxy) is 1. The van der Waals surface area contributed by atoms with Gasteiger partial charge in [0.25, 0.3) is 0 Å². The molecule has 62 valence electrons. The Labute approximate surface area is 66.0 Å². The van der Waals surface area contributed by atoms with Crippen molar-refractivity contribution in [3.05, 3.63) is 5.82 Å². The summed E-state index contributed by atoms with van der Waals surface area (Å²) in [6.07, 6.45) is 0. The van der Waals surface area contributed by atoms with E-state index in [0.717, 1.165) is 5.82 Å². The minimum absolute atomic E-state index is 0.372. The molecular weight excluding hydrogens is 142 g/mol. The van der Waals surface area contributed by atoms with Gasteiger partial charge >= 0.3 is 6.01 Å². The van der Waals surface area contributed by atoms with Crippen molar-refractivity contribution in [2.24, 2.45) is 0 Å². The van der Waals surface area contributed by atoms with Crippen molar-refractivity contribution in [2.45, 2.75) is 26.7 Å². The molecule has 0 saturated carbocycles. The molecule has 1 aromatic heterocycles. The van der Waals surface area contributed by atoms with Crippen molar-refractivity contribution in [2.75, 3.05) is 6.61 Å². The third-order valence-electron chi connectivity index (χ3n) is 1.30. The Morgan fingerprint density at radius 2 is 2.27 bits per heavy atom. The van der Waals surface area contributed by atoms with E-state index in [1.54, 1.807) is 0 Å². The van der Waals surface area contributed by atoms with Crippen LogP contribution in [0.4, 0.5) is 0 Å². The number of aromatic amines is 1. The molecule has 1 aromatic rings. The maximum Gasteiger partial charge on any atom is 0.335 e. The van der Waals surface area contributed by atoms with Crippen LogP contribution in [-0.2, 0) is 0 Å². The number of hydrogen-bond acceptors (Lipinski definition) is 3. The summed E-state index contributed by atoms with van der Waals surface area (Å²) < 4.78 is 5.08. The Bertz CT molecular complexity index is 219. The second-order valence-corrected chi connectivity index (χ2v) is 2.59. The average molecular weight is 155 g/mol. The van der Waals surface area contributed by atoms with Crippen LogP contribution in [0.2, 0.25) is 0 Å². The Hall–Kier alpha value is -1.06. The normalized spacial score (nSPS) is 10.5. The van der Waals surface area contributed by atoms with Crippen LogP contribution in [0.25, 0.3) is 0 Å². The lowest BCUT2D eigenvalue weighted by Gasteiger charge is -1.95. The number of nitrogens with one attached hydrogen (secondary N) is 1. The first kappa shape index (κ1) is 8.04. The fourth-order valence-corrected chi connectivity index (χ4v) is 0.710. The third kappa shape index (κ3) is 1.93. The summed E-state index contributed by atoms with van der Waals surface area (Å²) in [6, 6.07) is 0.441. The summed E-state index contributed by atoms with van der Waals surface area (Å²) in [7, 11) is 0. The van der Waals surface area contributed by atoms with Gasteiger partial charge in [-0.3, -0.25) is 5.10 Å². The van der Waals surface area contributed by atoms with E-state index in [4.69, 9.17) is 4.74 Å². The van der Waals surface area contributed by atoms with Crippen molar-refractivity contribution in [1.82, 2.24) is 15.2 Å².